The van der Waals surface area contributed by atoms with Gasteiger partial charge in [0, 0.05) is 12.5 Å². The van der Waals surface area contributed by atoms with Gasteiger partial charge in [-0.25, -0.2) is 4.39 Å². The van der Waals surface area contributed by atoms with Gasteiger partial charge in [0.2, 0.25) is 0 Å². The molecule has 2 heteroatoms. The van der Waals surface area contributed by atoms with Crippen molar-refractivity contribution >= 4 is 0 Å². The van der Waals surface area contributed by atoms with E-state index in [9.17, 15) is 4.39 Å². The average molecular weight is 269 g/mol. The predicted octanol–water partition coefficient (Wildman–Crippen LogP) is 3.99. The third kappa shape index (κ3) is 2.61. The van der Waals surface area contributed by atoms with Crippen molar-refractivity contribution in [3.63, 3.8) is 0 Å². The SMILES string of the molecule is Cc1cccc(C2CNCCC2c2ccccc2F)c1. The van der Waals surface area contributed by atoms with Crippen molar-refractivity contribution in [3.05, 3.63) is 71.0 Å². The molecule has 0 saturated carbocycles. The maximum absolute atomic E-state index is 14.1. The molecular formula is C18H20FN. The third-order valence-corrected chi connectivity index (χ3v) is 4.26. The van der Waals surface area contributed by atoms with Gasteiger partial charge >= 0.3 is 0 Å². The molecule has 1 aliphatic heterocycles. The summed E-state index contributed by atoms with van der Waals surface area (Å²) in [6, 6.07) is 15.8. The zero-order chi connectivity index (χ0) is 13.9. The van der Waals surface area contributed by atoms with E-state index in [0.717, 1.165) is 25.1 Å². The number of benzene rings is 2. The molecule has 104 valence electrons. The Kier molecular flexibility index (Phi) is 3.83. The first-order valence-electron chi connectivity index (χ1n) is 7.27. The lowest BCUT2D eigenvalue weighted by Gasteiger charge is -2.33. The van der Waals surface area contributed by atoms with Gasteiger partial charge in [0.25, 0.3) is 0 Å². The summed E-state index contributed by atoms with van der Waals surface area (Å²) < 4.78 is 14.1. The summed E-state index contributed by atoms with van der Waals surface area (Å²) in [5.41, 5.74) is 3.44. The van der Waals surface area contributed by atoms with Crippen molar-refractivity contribution in [1.82, 2.24) is 5.32 Å². The highest BCUT2D eigenvalue weighted by Gasteiger charge is 2.29. The minimum Gasteiger partial charge on any atom is -0.316 e. The Labute approximate surface area is 119 Å². The van der Waals surface area contributed by atoms with E-state index in [1.54, 1.807) is 12.1 Å². The van der Waals surface area contributed by atoms with Crippen molar-refractivity contribution < 1.29 is 4.39 Å². The molecule has 1 N–H and O–H groups in total. The molecule has 0 aliphatic carbocycles. The van der Waals surface area contributed by atoms with E-state index < -0.39 is 0 Å². The molecule has 2 unspecified atom stereocenters. The Bertz CT molecular complexity index is 593. The molecule has 0 spiro atoms. The molecule has 20 heavy (non-hydrogen) atoms. The molecule has 1 aliphatic rings. The number of hydrogen-bond donors (Lipinski definition) is 1. The van der Waals surface area contributed by atoms with E-state index >= 15 is 0 Å². The van der Waals surface area contributed by atoms with Crippen LogP contribution < -0.4 is 5.32 Å². The summed E-state index contributed by atoms with van der Waals surface area (Å²) >= 11 is 0. The van der Waals surface area contributed by atoms with Gasteiger partial charge in [0.1, 0.15) is 5.82 Å². The monoisotopic (exact) mass is 269 g/mol. The van der Waals surface area contributed by atoms with Gasteiger partial charge in [-0.15, -0.1) is 0 Å². The highest BCUT2D eigenvalue weighted by atomic mass is 19.1. The van der Waals surface area contributed by atoms with Gasteiger partial charge in [-0.05, 0) is 43.0 Å². The van der Waals surface area contributed by atoms with E-state index in [-0.39, 0.29) is 11.7 Å². The van der Waals surface area contributed by atoms with Crippen LogP contribution in [0.15, 0.2) is 48.5 Å². The lowest BCUT2D eigenvalue weighted by atomic mass is 9.77. The lowest BCUT2D eigenvalue weighted by Crippen LogP contribution is -2.34. The first-order valence-corrected chi connectivity index (χ1v) is 7.27. The molecular weight excluding hydrogens is 249 g/mol. The van der Waals surface area contributed by atoms with Crippen molar-refractivity contribution in [2.75, 3.05) is 13.1 Å². The van der Waals surface area contributed by atoms with Gasteiger partial charge in [-0.2, -0.15) is 0 Å². The second kappa shape index (κ2) is 5.76. The standard InChI is InChI=1S/C18H20FN/c1-13-5-4-6-14(11-13)17-12-20-10-9-15(17)16-7-2-3-8-18(16)19/h2-8,11,15,17,20H,9-10,12H2,1H3. The number of piperidine rings is 1. The molecule has 0 bridgehead atoms. The maximum atomic E-state index is 14.1. The van der Waals surface area contributed by atoms with Crippen molar-refractivity contribution in [2.24, 2.45) is 0 Å². The highest BCUT2D eigenvalue weighted by Crippen LogP contribution is 2.38. The van der Waals surface area contributed by atoms with Crippen LogP contribution in [0.25, 0.3) is 0 Å². The smallest absolute Gasteiger partial charge is 0.126 e. The van der Waals surface area contributed by atoms with E-state index in [1.807, 2.05) is 12.1 Å². The second-order valence-corrected chi connectivity index (χ2v) is 5.64. The highest BCUT2D eigenvalue weighted by molar-refractivity contribution is 5.32. The van der Waals surface area contributed by atoms with Crippen LogP contribution in [0.1, 0.15) is 34.9 Å². The normalized spacial score (nSPS) is 22.7. The molecule has 0 amide bonds. The number of nitrogens with one attached hydrogen (secondary N) is 1. The molecule has 3 rings (SSSR count). The van der Waals surface area contributed by atoms with Crippen LogP contribution in [-0.4, -0.2) is 13.1 Å². The quantitative estimate of drug-likeness (QED) is 0.869. The van der Waals surface area contributed by atoms with Crippen LogP contribution in [0.2, 0.25) is 0 Å². The molecule has 0 aromatic heterocycles. The summed E-state index contributed by atoms with van der Waals surface area (Å²) in [7, 11) is 0. The fraction of sp³-hybridized carbons (Fsp3) is 0.333. The number of halogens is 1. The number of aryl methyl sites for hydroxylation is 1. The summed E-state index contributed by atoms with van der Waals surface area (Å²) in [6.45, 7) is 3.99. The van der Waals surface area contributed by atoms with Gasteiger partial charge in [0.05, 0.1) is 0 Å². The van der Waals surface area contributed by atoms with E-state index in [1.165, 1.54) is 11.1 Å². The minimum atomic E-state index is -0.0722. The minimum absolute atomic E-state index is 0.0722. The largest absolute Gasteiger partial charge is 0.316 e. The van der Waals surface area contributed by atoms with E-state index in [2.05, 4.69) is 36.5 Å². The summed E-state index contributed by atoms with van der Waals surface area (Å²) in [4.78, 5) is 0. The second-order valence-electron chi connectivity index (χ2n) is 5.64. The van der Waals surface area contributed by atoms with Crippen molar-refractivity contribution in [3.8, 4) is 0 Å². The van der Waals surface area contributed by atoms with Crippen LogP contribution >= 0.6 is 0 Å². The average Bonchev–Trinajstić information content (AvgIpc) is 2.48. The Balaban J connectivity index is 1.98. The van der Waals surface area contributed by atoms with Crippen molar-refractivity contribution in [2.45, 2.75) is 25.2 Å². The zero-order valence-corrected chi connectivity index (χ0v) is 11.8. The summed E-state index contributed by atoms with van der Waals surface area (Å²) in [5.74, 6) is 0.539. The Morgan fingerprint density at radius 1 is 1.05 bits per heavy atom. The third-order valence-electron chi connectivity index (χ3n) is 4.26. The first kappa shape index (κ1) is 13.3. The van der Waals surface area contributed by atoms with Crippen LogP contribution in [0.4, 0.5) is 4.39 Å². The lowest BCUT2D eigenvalue weighted by molar-refractivity contribution is 0.393. The van der Waals surface area contributed by atoms with Crippen LogP contribution in [0, 0.1) is 12.7 Å². The van der Waals surface area contributed by atoms with Crippen molar-refractivity contribution in [1.29, 1.82) is 0 Å². The van der Waals surface area contributed by atoms with E-state index in [0.29, 0.717) is 5.92 Å². The number of rotatable bonds is 2. The summed E-state index contributed by atoms with van der Waals surface area (Å²) in [5, 5.41) is 3.45. The Hall–Kier alpha value is -1.67. The molecule has 2 aromatic rings. The maximum Gasteiger partial charge on any atom is 0.126 e. The molecule has 1 saturated heterocycles. The van der Waals surface area contributed by atoms with Gasteiger partial charge < -0.3 is 5.32 Å². The zero-order valence-electron chi connectivity index (χ0n) is 11.8. The van der Waals surface area contributed by atoms with E-state index in [4.69, 9.17) is 0 Å². The molecule has 0 radical (unpaired) electrons. The van der Waals surface area contributed by atoms with Gasteiger partial charge in [-0.3, -0.25) is 0 Å². The molecule has 1 fully saturated rings. The Morgan fingerprint density at radius 2 is 1.90 bits per heavy atom. The molecule has 2 aromatic carbocycles. The van der Waals surface area contributed by atoms with Gasteiger partial charge in [-0.1, -0.05) is 48.0 Å². The first-order chi connectivity index (χ1) is 9.75. The fourth-order valence-corrected chi connectivity index (χ4v) is 3.26. The summed E-state index contributed by atoms with van der Waals surface area (Å²) in [6.07, 6.45) is 0.986. The Morgan fingerprint density at radius 3 is 2.70 bits per heavy atom. The molecule has 1 nitrogen and oxygen atoms in total. The van der Waals surface area contributed by atoms with Gasteiger partial charge in [0.15, 0.2) is 0 Å². The van der Waals surface area contributed by atoms with Crippen LogP contribution in [0.3, 0.4) is 0 Å². The topological polar surface area (TPSA) is 12.0 Å². The van der Waals surface area contributed by atoms with Crippen LogP contribution in [-0.2, 0) is 0 Å². The molecule has 1 heterocycles. The molecule has 2 atom stereocenters. The van der Waals surface area contributed by atoms with Crippen LogP contribution in [0.5, 0.6) is 0 Å². The number of hydrogen-bond acceptors (Lipinski definition) is 1. The predicted molar refractivity (Wildman–Crippen MR) is 80.5 cm³/mol. The fourth-order valence-electron chi connectivity index (χ4n) is 3.26.